The van der Waals surface area contributed by atoms with Gasteiger partial charge in [-0.3, -0.25) is 0 Å². The van der Waals surface area contributed by atoms with Crippen molar-refractivity contribution in [3.05, 3.63) is 355 Å². The molecule has 24 nitrogen and oxygen atoms in total. The molecule has 0 spiro atoms. The maximum atomic E-state index is 13.2. The molecule has 1 aliphatic rings. The molecule has 0 saturated carbocycles. The number of thiazole rings is 6. The molecule has 0 aliphatic heterocycles. The third-order valence-corrected chi connectivity index (χ3v) is 25.7. The topological polar surface area (TPSA) is 347 Å². The summed E-state index contributed by atoms with van der Waals surface area (Å²) >= 11 is 9.07. The summed E-state index contributed by atoms with van der Waals surface area (Å²) in [6, 6.07) is 65.2. The number of aromatic hydroxyl groups is 6. The average Bonchev–Trinajstić information content (AvgIpc) is 1.56. The lowest BCUT2D eigenvalue weighted by molar-refractivity contribution is 0.451. The Morgan fingerprint density at radius 3 is 0.397 bits per heavy atom. The van der Waals surface area contributed by atoms with Crippen LogP contribution >= 0.6 is 68.0 Å². The van der Waals surface area contributed by atoms with E-state index >= 15 is 0 Å². The Kier molecular flexibility index (Phi) is 23.3. The molecule has 0 radical (unpaired) electrons. The molecule has 12 bridgehead atoms. The quantitative estimate of drug-likeness (QED) is 0.0437. The molecule has 6 aromatic heterocycles. The fourth-order valence-corrected chi connectivity index (χ4v) is 18.4. The first kappa shape index (κ1) is 80.5. The van der Waals surface area contributed by atoms with E-state index in [1.54, 1.807) is 110 Å². The van der Waals surface area contributed by atoms with E-state index in [1.165, 1.54) is 68.0 Å². The predicted molar refractivity (Wildman–Crippen MR) is 496 cm³/mol. The van der Waals surface area contributed by atoms with Crippen LogP contribution in [0.4, 0.5) is 68.2 Å². The summed E-state index contributed by atoms with van der Waals surface area (Å²) in [7, 11) is 0. The first-order chi connectivity index (χ1) is 61.8. The van der Waals surface area contributed by atoms with E-state index in [9.17, 15) is 30.6 Å². The van der Waals surface area contributed by atoms with Gasteiger partial charge in [0.15, 0.2) is 0 Å². The second kappa shape index (κ2) is 36.5. The molecule has 0 unspecified atom stereocenters. The molecule has 6 heterocycles. The Hall–Kier alpha value is -15.2. The number of hydrogen-bond donors (Lipinski definition) is 6. The van der Waals surface area contributed by atoms with Crippen molar-refractivity contribution in [3.63, 3.8) is 0 Å². The molecule has 18 aromatic rings. The highest BCUT2D eigenvalue weighted by atomic mass is 32.1. The molecular formula is C96H66N18O6S6. The van der Waals surface area contributed by atoms with Gasteiger partial charge in [0.25, 0.3) is 0 Å². The van der Waals surface area contributed by atoms with E-state index in [2.05, 4.69) is 29.9 Å². The third kappa shape index (κ3) is 18.6. The Bertz CT molecular complexity index is 5910. The van der Waals surface area contributed by atoms with Gasteiger partial charge in [-0.1, -0.05) is 0 Å². The molecule has 6 N–H and O–H groups in total. The third-order valence-electron chi connectivity index (χ3n) is 20.8. The fraction of sp³-hybridized carbons (Fsp3) is 0.0625. The van der Waals surface area contributed by atoms with Crippen molar-refractivity contribution in [1.29, 1.82) is 0 Å². The highest BCUT2D eigenvalue weighted by Gasteiger charge is 2.25. The van der Waals surface area contributed by atoms with Crippen LogP contribution in [0.25, 0.3) is 63.4 Å². The largest absolute Gasteiger partial charge is 0.507 e. The summed E-state index contributed by atoms with van der Waals surface area (Å²) in [5.41, 5.74) is 13.8. The van der Waals surface area contributed by atoms with E-state index in [0.29, 0.717) is 68.2 Å². The van der Waals surface area contributed by atoms with Crippen LogP contribution in [0.1, 0.15) is 66.8 Å². The molecule has 0 atom stereocenters. The maximum absolute atomic E-state index is 13.2. The minimum atomic E-state index is -0.202. The van der Waals surface area contributed by atoms with Crippen molar-refractivity contribution in [2.75, 3.05) is 0 Å². The zero-order chi connectivity index (χ0) is 85.4. The smallest absolute Gasteiger partial charge is 0.123 e. The average molecular weight is 1760 g/mol. The number of benzene rings is 12. The first-order valence-electron chi connectivity index (χ1n) is 39.4. The van der Waals surface area contributed by atoms with E-state index < -0.39 is 0 Å². The van der Waals surface area contributed by atoms with Crippen molar-refractivity contribution in [2.45, 2.75) is 38.5 Å². The summed E-state index contributed by atoms with van der Waals surface area (Å²) in [5, 5.41) is 153. The van der Waals surface area contributed by atoms with Crippen molar-refractivity contribution in [1.82, 2.24) is 29.9 Å². The van der Waals surface area contributed by atoms with Gasteiger partial charge in [0.1, 0.15) is 64.5 Å². The minimum Gasteiger partial charge on any atom is -0.507 e. The van der Waals surface area contributed by atoms with Gasteiger partial charge in [-0.05, 0) is 218 Å². The van der Waals surface area contributed by atoms with Gasteiger partial charge in [0.05, 0.1) is 68.2 Å². The summed E-state index contributed by atoms with van der Waals surface area (Å²) in [5.74, 6) is -1.21. The number of nitrogens with zero attached hydrogens (tertiary/aromatic N) is 18. The van der Waals surface area contributed by atoms with Crippen molar-refractivity contribution >= 4 is 136 Å². The number of hydrogen-bond acceptors (Lipinski definition) is 30. The van der Waals surface area contributed by atoms with E-state index in [0.717, 1.165) is 63.4 Å². The number of azo groups is 6. The van der Waals surface area contributed by atoms with Crippen LogP contribution in [0.15, 0.2) is 349 Å². The Morgan fingerprint density at radius 2 is 0.286 bits per heavy atom. The number of aromatic nitrogens is 6. The molecule has 0 amide bonds. The molecule has 30 heteroatoms. The van der Waals surface area contributed by atoms with E-state index in [-0.39, 0.29) is 140 Å². The molecule has 612 valence electrons. The molecule has 0 fully saturated rings. The van der Waals surface area contributed by atoms with Gasteiger partial charge in [-0.15, -0.1) is 68.0 Å². The lowest BCUT2D eigenvalue weighted by atomic mass is 9.90. The Labute approximate surface area is 743 Å². The zero-order valence-corrected chi connectivity index (χ0v) is 71.0. The first-order valence-corrected chi connectivity index (χ1v) is 44.6. The Balaban J connectivity index is 0.798. The van der Waals surface area contributed by atoms with Gasteiger partial charge in [-0.2, -0.15) is 61.4 Å². The summed E-state index contributed by atoms with van der Waals surface area (Å²) < 4.78 is 0. The number of phenolic OH excluding ortho intramolecular Hbond substituents is 6. The summed E-state index contributed by atoms with van der Waals surface area (Å²) in [4.78, 5) is 26.9. The number of fused-ring (bicyclic) bond motifs is 12. The lowest BCUT2D eigenvalue weighted by Gasteiger charge is -2.18. The second-order valence-electron chi connectivity index (χ2n) is 29.2. The van der Waals surface area contributed by atoms with Gasteiger partial charge in [0.2, 0.25) is 0 Å². The molecule has 126 heavy (non-hydrogen) atoms. The van der Waals surface area contributed by atoms with Gasteiger partial charge in [-0.25, -0.2) is 29.9 Å². The van der Waals surface area contributed by atoms with Crippen LogP contribution in [0.5, 0.6) is 34.5 Å². The van der Waals surface area contributed by atoms with Crippen molar-refractivity contribution < 1.29 is 30.6 Å². The number of phenols is 6. The van der Waals surface area contributed by atoms with Crippen LogP contribution < -0.4 is 0 Å². The minimum absolute atomic E-state index is 0.157. The second-order valence-corrected chi connectivity index (χ2v) is 34.6. The van der Waals surface area contributed by atoms with Crippen molar-refractivity contribution in [3.8, 4) is 97.9 Å². The zero-order valence-electron chi connectivity index (χ0n) is 66.1. The fourth-order valence-electron chi connectivity index (χ4n) is 14.6. The van der Waals surface area contributed by atoms with Gasteiger partial charge < -0.3 is 30.6 Å². The SMILES string of the molecule is Oc1c2cc(N=Nc3ccc(-c4nccs4)cc3)cc1Cc1cc(N=Nc3ccc(-c4nccs4)cc3)cc(c1O)Cc1cc(N=Nc3ccc(-c4nccs4)cc3)cc(c1O)Cc1cc(N=Nc3ccc(-c4nccs4)cc3)cc(c1O)Cc1cc(N=Nc3ccc(-c4nccs4)cc3)cc(c1O)Cc1cc(N=Nc3ccc(-c4nccs4)cc3)cc(c1O)C2. The van der Waals surface area contributed by atoms with Gasteiger partial charge >= 0.3 is 0 Å². The summed E-state index contributed by atoms with van der Waals surface area (Å²) in [6.45, 7) is 0. The van der Waals surface area contributed by atoms with E-state index in [1.807, 2.05) is 178 Å². The predicted octanol–water partition coefficient (Wildman–Crippen LogP) is 29.0. The maximum Gasteiger partial charge on any atom is 0.123 e. The van der Waals surface area contributed by atoms with Crippen LogP contribution in [0.3, 0.4) is 0 Å². The van der Waals surface area contributed by atoms with E-state index in [4.69, 9.17) is 61.4 Å². The molecule has 12 aromatic carbocycles. The van der Waals surface area contributed by atoms with Crippen LogP contribution in [0, 0.1) is 0 Å². The normalized spacial score (nSPS) is 12.6. The molecule has 0 saturated heterocycles. The monoisotopic (exact) mass is 1760 g/mol. The Morgan fingerprint density at radius 1 is 0.167 bits per heavy atom. The van der Waals surface area contributed by atoms with Gasteiger partial charge in [0, 0.05) is 208 Å². The van der Waals surface area contributed by atoms with Crippen LogP contribution in [-0.2, 0) is 38.5 Å². The summed E-state index contributed by atoms with van der Waals surface area (Å²) in [6.07, 6.45) is 9.54. The lowest BCUT2D eigenvalue weighted by Crippen LogP contribution is -2.01. The molecular weight excluding hydrogens is 1690 g/mol. The molecule has 19 rings (SSSR count). The number of rotatable bonds is 18. The standard InChI is InChI=1S/C96H66N18O6S6/c115-85-61-37-63-45-80(110-104-74-15-3-56(4-16-74)92-98-26-32-122-92)47-65(86(63)116)39-67-49-82(112-106-76-19-7-58(8-20-76)94-100-28-34-124-94)51-69(88(67)118)41-71-53-84(114-108-78-23-11-60(12-24-78)96-102-30-36-126-96)54-72(90(71)120)42-70-52-83(113-107-77-21-9-59(10-22-77)95-101-29-35-125-95)50-68(89(70)119)40-66-48-81(111-105-75-17-5-57(6-18-75)93-99-27-33-123-93)46-64(87(66)117)38-62(85)44-79(43-61)109-103-73-13-1-55(2-14-73)91-97-25-31-121-91/h1-36,43-54,115-120H,37-42H2. The van der Waals surface area contributed by atoms with Crippen molar-refractivity contribution in [2.24, 2.45) is 61.4 Å². The van der Waals surface area contributed by atoms with Crippen LogP contribution in [0.2, 0.25) is 0 Å². The highest BCUT2D eigenvalue weighted by molar-refractivity contribution is 7.14. The van der Waals surface area contributed by atoms with Crippen LogP contribution in [-0.4, -0.2) is 60.5 Å². The molecule has 1 aliphatic carbocycles. The highest BCUT2D eigenvalue weighted by Crippen LogP contribution is 2.47.